The van der Waals surface area contributed by atoms with Gasteiger partial charge in [-0.2, -0.15) is 0 Å². The van der Waals surface area contributed by atoms with Crippen LogP contribution in [0.5, 0.6) is 0 Å². The standard InChI is InChI=1S/C10H20N2O/c1-11-9-5-6-13-7-10(9)12(2)8-3-4-8/h8-11H,3-7H2,1-2H3. The van der Waals surface area contributed by atoms with E-state index in [1.807, 2.05) is 0 Å². The molecule has 0 spiro atoms. The lowest BCUT2D eigenvalue weighted by Gasteiger charge is -2.37. The molecule has 2 aliphatic rings. The molecule has 2 atom stereocenters. The van der Waals surface area contributed by atoms with Gasteiger partial charge in [0.2, 0.25) is 0 Å². The molecule has 1 saturated carbocycles. The zero-order valence-corrected chi connectivity index (χ0v) is 8.62. The highest BCUT2D eigenvalue weighted by Crippen LogP contribution is 2.29. The van der Waals surface area contributed by atoms with Crippen LogP contribution in [0.25, 0.3) is 0 Å². The van der Waals surface area contributed by atoms with Crippen molar-refractivity contribution in [2.24, 2.45) is 0 Å². The van der Waals surface area contributed by atoms with Gasteiger partial charge in [0.1, 0.15) is 0 Å². The first kappa shape index (κ1) is 9.44. The van der Waals surface area contributed by atoms with Crippen molar-refractivity contribution in [1.82, 2.24) is 10.2 Å². The van der Waals surface area contributed by atoms with Crippen LogP contribution in [0.15, 0.2) is 0 Å². The van der Waals surface area contributed by atoms with Crippen molar-refractivity contribution in [3.63, 3.8) is 0 Å². The van der Waals surface area contributed by atoms with E-state index in [0.29, 0.717) is 12.1 Å². The Labute approximate surface area is 80.4 Å². The summed E-state index contributed by atoms with van der Waals surface area (Å²) >= 11 is 0. The van der Waals surface area contributed by atoms with Gasteiger partial charge in [0.05, 0.1) is 6.61 Å². The number of rotatable bonds is 3. The Balaban J connectivity index is 1.92. The molecule has 2 fully saturated rings. The van der Waals surface area contributed by atoms with E-state index in [9.17, 15) is 0 Å². The fourth-order valence-electron chi connectivity index (χ4n) is 2.21. The predicted molar refractivity (Wildman–Crippen MR) is 52.9 cm³/mol. The summed E-state index contributed by atoms with van der Waals surface area (Å²) in [6, 6.07) is 2.05. The largest absolute Gasteiger partial charge is 0.380 e. The average molecular weight is 184 g/mol. The van der Waals surface area contributed by atoms with E-state index in [1.54, 1.807) is 0 Å². The summed E-state index contributed by atoms with van der Waals surface area (Å²) in [4.78, 5) is 2.50. The van der Waals surface area contributed by atoms with E-state index in [-0.39, 0.29) is 0 Å². The quantitative estimate of drug-likeness (QED) is 0.689. The van der Waals surface area contributed by atoms with Crippen LogP contribution < -0.4 is 5.32 Å². The lowest BCUT2D eigenvalue weighted by atomic mass is 10.0. The molecule has 13 heavy (non-hydrogen) atoms. The second kappa shape index (κ2) is 3.95. The molecule has 0 aromatic heterocycles. The fourth-order valence-corrected chi connectivity index (χ4v) is 2.21. The summed E-state index contributed by atoms with van der Waals surface area (Å²) in [5.74, 6) is 0. The molecule has 1 N–H and O–H groups in total. The van der Waals surface area contributed by atoms with Crippen LogP contribution in [0.1, 0.15) is 19.3 Å². The number of hydrogen-bond acceptors (Lipinski definition) is 3. The van der Waals surface area contributed by atoms with Gasteiger partial charge in [-0.1, -0.05) is 0 Å². The zero-order chi connectivity index (χ0) is 9.26. The van der Waals surface area contributed by atoms with Crippen molar-refractivity contribution in [3.8, 4) is 0 Å². The van der Waals surface area contributed by atoms with Gasteiger partial charge in [-0.25, -0.2) is 0 Å². The van der Waals surface area contributed by atoms with Gasteiger partial charge in [0.25, 0.3) is 0 Å². The van der Waals surface area contributed by atoms with Crippen molar-refractivity contribution in [2.75, 3.05) is 27.3 Å². The van der Waals surface area contributed by atoms with Gasteiger partial charge in [-0.3, -0.25) is 4.90 Å². The monoisotopic (exact) mass is 184 g/mol. The first-order valence-electron chi connectivity index (χ1n) is 5.30. The average Bonchev–Trinajstić information content (AvgIpc) is 3.00. The van der Waals surface area contributed by atoms with E-state index >= 15 is 0 Å². The summed E-state index contributed by atoms with van der Waals surface area (Å²) < 4.78 is 5.53. The molecule has 1 saturated heterocycles. The van der Waals surface area contributed by atoms with Crippen molar-refractivity contribution in [1.29, 1.82) is 0 Å². The fraction of sp³-hybridized carbons (Fsp3) is 1.00. The molecule has 1 aliphatic carbocycles. The van der Waals surface area contributed by atoms with E-state index < -0.39 is 0 Å². The van der Waals surface area contributed by atoms with Crippen molar-refractivity contribution >= 4 is 0 Å². The van der Waals surface area contributed by atoms with E-state index in [0.717, 1.165) is 25.7 Å². The molecule has 0 aromatic carbocycles. The minimum Gasteiger partial charge on any atom is -0.380 e. The van der Waals surface area contributed by atoms with E-state index in [1.165, 1.54) is 12.8 Å². The maximum absolute atomic E-state index is 5.53. The zero-order valence-electron chi connectivity index (χ0n) is 8.62. The number of ether oxygens (including phenoxy) is 1. The number of nitrogens with zero attached hydrogens (tertiary/aromatic N) is 1. The second-order valence-corrected chi connectivity index (χ2v) is 4.22. The van der Waals surface area contributed by atoms with Gasteiger partial charge in [-0.15, -0.1) is 0 Å². The van der Waals surface area contributed by atoms with Crippen LogP contribution in [0.2, 0.25) is 0 Å². The highest BCUT2D eigenvalue weighted by atomic mass is 16.5. The summed E-state index contributed by atoms with van der Waals surface area (Å²) in [7, 11) is 4.30. The molecular formula is C10H20N2O. The second-order valence-electron chi connectivity index (χ2n) is 4.22. The highest BCUT2D eigenvalue weighted by molar-refractivity contribution is 4.92. The Morgan fingerprint density at radius 1 is 1.31 bits per heavy atom. The number of likely N-dealkylation sites (N-methyl/N-ethyl adjacent to an activating group) is 2. The lowest BCUT2D eigenvalue weighted by molar-refractivity contribution is 0.00511. The Morgan fingerprint density at radius 2 is 2.08 bits per heavy atom. The molecule has 1 heterocycles. The van der Waals surface area contributed by atoms with Gasteiger partial charge in [0.15, 0.2) is 0 Å². The Hall–Kier alpha value is -0.120. The van der Waals surface area contributed by atoms with Crippen LogP contribution in [-0.4, -0.2) is 50.3 Å². The molecule has 2 unspecified atom stereocenters. The summed E-state index contributed by atoms with van der Waals surface area (Å²) in [5.41, 5.74) is 0. The normalized spacial score (nSPS) is 35.3. The number of nitrogens with one attached hydrogen (secondary N) is 1. The summed E-state index contributed by atoms with van der Waals surface area (Å²) in [5, 5.41) is 3.40. The third-order valence-corrected chi connectivity index (χ3v) is 3.34. The van der Waals surface area contributed by atoms with Crippen LogP contribution in [0.4, 0.5) is 0 Å². The maximum Gasteiger partial charge on any atom is 0.0637 e. The molecular weight excluding hydrogens is 164 g/mol. The van der Waals surface area contributed by atoms with Gasteiger partial charge in [0, 0.05) is 24.7 Å². The molecule has 0 bridgehead atoms. The van der Waals surface area contributed by atoms with Crippen LogP contribution in [0, 0.1) is 0 Å². The predicted octanol–water partition coefficient (Wildman–Crippen LogP) is 0.457. The molecule has 3 heteroatoms. The Kier molecular flexibility index (Phi) is 2.86. The number of hydrogen-bond donors (Lipinski definition) is 1. The Bertz CT molecular complexity index is 168. The minimum absolute atomic E-state index is 0.589. The summed E-state index contributed by atoms with van der Waals surface area (Å²) in [6.45, 7) is 1.82. The van der Waals surface area contributed by atoms with Crippen molar-refractivity contribution in [3.05, 3.63) is 0 Å². The first-order valence-corrected chi connectivity index (χ1v) is 5.30. The van der Waals surface area contributed by atoms with Crippen LogP contribution >= 0.6 is 0 Å². The van der Waals surface area contributed by atoms with Gasteiger partial charge in [-0.05, 0) is 33.4 Å². The van der Waals surface area contributed by atoms with Crippen LogP contribution in [0.3, 0.4) is 0 Å². The maximum atomic E-state index is 5.53. The molecule has 0 radical (unpaired) electrons. The smallest absolute Gasteiger partial charge is 0.0637 e. The molecule has 0 aromatic rings. The third kappa shape index (κ3) is 2.03. The van der Waals surface area contributed by atoms with Gasteiger partial charge < -0.3 is 10.1 Å². The molecule has 1 aliphatic heterocycles. The highest BCUT2D eigenvalue weighted by Gasteiger charge is 2.35. The Morgan fingerprint density at radius 3 is 2.69 bits per heavy atom. The molecule has 2 rings (SSSR count). The summed E-state index contributed by atoms with van der Waals surface area (Å²) in [6.07, 6.45) is 3.91. The molecule has 76 valence electrons. The third-order valence-electron chi connectivity index (χ3n) is 3.34. The first-order chi connectivity index (χ1) is 6.33. The lowest BCUT2D eigenvalue weighted by Crippen LogP contribution is -2.53. The SMILES string of the molecule is CNC1CCOCC1N(C)C1CC1. The minimum atomic E-state index is 0.589. The van der Waals surface area contributed by atoms with Crippen LogP contribution in [-0.2, 0) is 4.74 Å². The molecule has 3 nitrogen and oxygen atoms in total. The van der Waals surface area contributed by atoms with E-state index in [2.05, 4.69) is 24.3 Å². The van der Waals surface area contributed by atoms with E-state index in [4.69, 9.17) is 4.74 Å². The van der Waals surface area contributed by atoms with Crippen molar-refractivity contribution < 1.29 is 4.74 Å². The van der Waals surface area contributed by atoms with Crippen molar-refractivity contribution in [2.45, 2.75) is 37.4 Å². The molecule has 0 amide bonds. The topological polar surface area (TPSA) is 24.5 Å². The van der Waals surface area contributed by atoms with Gasteiger partial charge >= 0.3 is 0 Å².